The molecular formula is C15H25NO. The molecule has 0 aliphatic heterocycles. The molecule has 1 rings (SSSR count). The summed E-state index contributed by atoms with van der Waals surface area (Å²) in [6.45, 7) is 10.7. The van der Waals surface area contributed by atoms with E-state index in [1.165, 1.54) is 0 Å². The predicted octanol–water partition coefficient (Wildman–Crippen LogP) is 4.32. The highest BCUT2D eigenvalue weighted by molar-refractivity contribution is 5.48. The van der Waals surface area contributed by atoms with Crippen LogP contribution in [-0.2, 0) is 0 Å². The molecule has 1 aromatic rings. The number of anilines is 1. The number of hydrogen-bond acceptors (Lipinski definition) is 2. The Morgan fingerprint density at radius 1 is 1.24 bits per heavy atom. The lowest BCUT2D eigenvalue weighted by molar-refractivity contribution is 0.317. The van der Waals surface area contributed by atoms with Crippen LogP contribution in [0.1, 0.15) is 40.5 Å². The van der Waals surface area contributed by atoms with Gasteiger partial charge in [0, 0.05) is 18.3 Å². The van der Waals surface area contributed by atoms with Crippen LogP contribution in [0.3, 0.4) is 0 Å². The lowest BCUT2D eigenvalue weighted by Crippen LogP contribution is -2.12. The van der Waals surface area contributed by atoms with Crippen molar-refractivity contribution in [2.24, 2.45) is 5.41 Å². The molecule has 0 atom stereocenters. The summed E-state index contributed by atoms with van der Waals surface area (Å²) in [5, 5.41) is 3.44. The second-order valence-electron chi connectivity index (χ2n) is 5.61. The largest absolute Gasteiger partial charge is 0.494 e. The van der Waals surface area contributed by atoms with Crippen molar-refractivity contribution in [2.75, 3.05) is 18.5 Å². The van der Waals surface area contributed by atoms with Crippen molar-refractivity contribution in [2.45, 2.75) is 40.5 Å². The van der Waals surface area contributed by atoms with Crippen LogP contribution in [0.15, 0.2) is 24.3 Å². The van der Waals surface area contributed by atoms with Crippen LogP contribution in [0.5, 0.6) is 5.75 Å². The van der Waals surface area contributed by atoms with Gasteiger partial charge in [0.15, 0.2) is 0 Å². The molecule has 0 radical (unpaired) electrons. The van der Waals surface area contributed by atoms with Gasteiger partial charge in [0.2, 0.25) is 0 Å². The van der Waals surface area contributed by atoms with Gasteiger partial charge in [-0.3, -0.25) is 0 Å². The molecule has 2 nitrogen and oxygen atoms in total. The van der Waals surface area contributed by atoms with E-state index in [0.29, 0.717) is 5.41 Å². The van der Waals surface area contributed by atoms with Gasteiger partial charge in [-0.05, 0) is 30.4 Å². The average molecular weight is 235 g/mol. The Morgan fingerprint density at radius 3 is 2.65 bits per heavy atom. The highest BCUT2D eigenvalue weighted by Gasteiger charge is 2.08. The summed E-state index contributed by atoms with van der Waals surface area (Å²) in [5.41, 5.74) is 1.52. The summed E-state index contributed by atoms with van der Waals surface area (Å²) in [6.07, 6.45) is 2.20. The fraction of sp³-hybridized carbons (Fsp3) is 0.600. The molecule has 1 N–H and O–H groups in total. The normalized spacial score (nSPS) is 11.3. The highest BCUT2D eigenvalue weighted by Crippen LogP contribution is 2.20. The predicted molar refractivity (Wildman–Crippen MR) is 74.8 cm³/mol. The van der Waals surface area contributed by atoms with Crippen molar-refractivity contribution in [3.63, 3.8) is 0 Å². The van der Waals surface area contributed by atoms with E-state index in [4.69, 9.17) is 4.74 Å². The summed E-state index contributed by atoms with van der Waals surface area (Å²) in [7, 11) is 0. The zero-order valence-electron chi connectivity index (χ0n) is 11.5. The van der Waals surface area contributed by atoms with E-state index in [1.54, 1.807) is 0 Å². The highest BCUT2D eigenvalue weighted by atomic mass is 16.5. The molecule has 0 bridgehead atoms. The summed E-state index contributed by atoms with van der Waals surface area (Å²) < 4.78 is 5.60. The molecule has 0 fully saturated rings. The maximum atomic E-state index is 5.60. The first-order chi connectivity index (χ1) is 8.01. The zero-order chi connectivity index (χ0) is 12.7. The van der Waals surface area contributed by atoms with Gasteiger partial charge in [-0.2, -0.15) is 0 Å². The van der Waals surface area contributed by atoms with Gasteiger partial charge < -0.3 is 10.1 Å². The second-order valence-corrected chi connectivity index (χ2v) is 5.61. The van der Waals surface area contributed by atoms with Crippen molar-refractivity contribution in [3.8, 4) is 5.75 Å². The molecule has 0 spiro atoms. The lowest BCUT2D eigenvalue weighted by Gasteiger charge is -2.18. The van der Waals surface area contributed by atoms with Crippen molar-refractivity contribution in [1.29, 1.82) is 0 Å². The van der Waals surface area contributed by atoms with E-state index in [2.05, 4.69) is 45.1 Å². The van der Waals surface area contributed by atoms with E-state index in [1.807, 2.05) is 12.1 Å². The topological polar surface area (TPSA) is 21.3 Å². The maximum absolute atomic E-state index is 5.60. The molecule has 0 unspecified atom stereocenters. The zero-order valence-corrected chi connectivity index (χ0v) is 11.5. The van der Waals surface area contributed by atoms with Crippen LogP contribution in [0, 0.1) is 5.41 Å². The summed E-state index contributed by atoms with van der Waals surface area (Å²) >= 11 is 0. The van der Waals surface area contributed by atoms with E-state index in [0.717, 1.165) is 37.4 Å². The van der Waals surface area contributed by atoms with E-state index < -0.39 is 0 Å². The number of nitrogens with one attached hydrogen (secondary N) is 1. The Hall–Kier alpha value is -1.18. The van der Waals surface area contributed by atoms with Crippen molar-refractivity contribution < 1.29 is 4.74 Å². The molecule has 0 amide bonds. The third-order valence-electron chi connectivity index (χ3n) is 2.51. The van der Waals surface area contributed by atoms with Crippen LogP contribution in [0.25, 0.3) is 0 Å². The van der Waals surface area contributed by atoms with Gasteiger partial charge in [0.05, 0.1) is 6.61 Å². The van der Waals surface area contributed by atoms with Gasteiger partial charge in [-0.25, -0.2) is 0 Å². The lowest BCUT2D eigenvalue weighted by atomic mass is 9.92. The maximum Gasteiger partial charge on any atom is 0.121 e. The Labute approximate surface area is 105 Å². The molecule has 2 heteroatoms. The third kappa shape index (κ3) is 6.20. The standard InChI is InChI=1S/C15H25NO/c1-5-11-17-14-8-6-7-13(12-14)16-10-9-15(2,3)4/h6-8,12,16H,5,9-11H2,1-4H3. The van der Waals surface area contributed by atoms with Gasteiger partial charge in [0.1, 0.15) is 5.75 Å². The van der Waals surface area contributed by atoms with Crippen LogP contribution in [0.2, 0.25) is 0 Å². The summed E-state index contributed by atoms with van der Waals surface area (Å²) in [5.74, 6) is 0.951. The fourth-order valence-corrected chi connectivity index (χ4v) is 1.50. The first-order valence-electron chi connectivity index (χ1n) is 6.48. The smallest absolute Gasteiger partial charge is 0.121 e. The summed E-state index contributed by atoms with van der Waals surface area (Å²) in [6, 6.07) is 8.19. The minimum atomic E-state index is 0.378. The number of benzene rings is 1. The number of rotatable bonds is 6. The van der Waals surface area contributed by atoms with E-state index in [-0.39, 0.29) is 0 Å². The van der Waals surface area contributed by atoms with E-state index in [9.17, 15) is 0 Å². The quantitative estimate of drug-likeness (QED) is 0.792. The minimum absolute atomic E-state index is 0.378. The molecule has 0 saturated heterocycles. The Balaban J connectivity index is 2.43. The van der Waals surface area contributed by atoms with Crippen LogP contribution in [-0.4, -0.2) is 13.2 Å². The van der Waals surface area contributed by atoms with Crippen molar-refractivity contribution >= 4 is 5.69 Å². The molecule has 0 aliphatic rings. The van der Waals surface area contributed by atoms with Crippen LogP contribution >= 0.6 is 0 Å². The Kier molecular flexibility index (Phi) is 5.33. The second kappa shape index (κ2) is 6.53. The van der Waals surface area contributed by atoms with E-state index >= 15 is 0 Å². The monoisotopic (exact) mass is 235 g/mol. The SMILES string of the molecule is CCCOc1cccc(NCCC(C)(C)C)c1. The van der Waals surface area contributed by atoms with Gasteiger partial charge in [0.25, 0.3) is 0 Å². The average Bonchev–Trinajstić information content (AvgIpc) is 2.25. The molecule has 0 aliphatic carbocycles. The Bertz CT molecular complexity index is 328. The minimum Gasteiger partial charge on any atom is -0.494 e. The number of ether oxygens (including phenoxy) is 1. The first kappa shape index (κ1) is 13.9. The molecule has 96 valence electrons. The van der Waals surface area contributed by atoms with Crippen LogP contribution in [0.4, 0.5) is 5.69 Å². The fourth-order valence-electron chi connectivity index (χ4n) is 1.50. The first-order valence-corrected chi connectivity index (χ1v) is 6.48. The molecule has 0 aromatic heterocycles. The Morgan fingerprint density at radius 2 is 2.00 bits per heavy atom. The molecule has 0 heterocycles. The van der Waals surface area contributed by atoms with Gasteiger partial charge in [-0.1, -0.05) is 33.8 Å². The summed E-state index contributed by atoms with van der Waals surface area (Å²) in [4.78, 5) is 0. The van der Waals surface area contributed by atoms with Crippen molar-refractivity contribution in [1.82, 2.24) is 0 Å². The van der Waals surface area contributed by atoms with Crippen LogP contribution < -0.4 is 10.1 Å². The molecule has 1 aromatic carbocycles. The van der Waals surface area contributed by atoms with Gasteiger partial charge in [-0.15, -0.1) is 0 Å². The third-order valence-corrected chi connectivity index (χ3v) is 2.51. The molecule has 0 saturated carbocycles. The van der Waals surface area contributed by atoms with Gasteiger partial charge >= 0.3 is 0 Å². The molecule has 17 heavy (non-hydrogen) atoms. The number of hydrogen-bond donors (Lipinski definition) is 1. The van der Waals surface area contributed by atoms with Crippen molar-refractivity contribution in [3.05, 3.63) is 24.3 Å². The molecular weight excluding hydrogens is 210 g/mol.